The highest BCUT2D eigenvalue weighted by Gasteiger charge is 2.45. The van der Waals surface area contributed by atoms with Crippen LogP contribution in [0.15, 0.2) is 12.1 Å². The maximum absolute atomic E-state index is 11.8. The van der Waals surface area contributed by atoms with Crippen LogP contribution in [0.2, 0.25) is 0 Å². The van der Waals surface area contributed by atoms with Gasteiger partial charge in [-0.15, -0.1) is 0 Å². The summed E-state index contributed by atoms with van der Waals surface area (Å²) in [7, 11) is 2.95. The molecule has 20 heavy (non-hydrogen) atoms. The van der Waals surface area contributed by atoms with Crippen molar-refractivity contribution in [2.75, 3.05) is 14.2 Å². The van der Waals surface area contributed by atoms with Gasteiger partial charge in [0.15, 0.2) is 11.5 Å². The molecule has 1 saturated carbocycles. The van der Waals surface area contributed by atoms with Crippen molar-refractivity contribution in [1.29, 1.82) is 0 Å². The van der Waals surface area contributed by atoms with Crippen molar-refractivity contribution < 1.29 is 24.2 Å². The summed E-state index contributed by atoms with van der Waals surface area (Å²) in [6.07, 6.45) is 3.48. The molecule has 1 aliphatic rings. The summed E-state index contributed by atoms with van der Waals surface area (Å²) in [5.74, 6) is -0.0829. The van der Waals surface area contributed by atoms with Gasteiger partial charge >= 0.3 is 5.97 Å². The molecular weight excluding hydrogens is 260 g/mol. The second kappa shape index (κ2) is 5.53. The Bertz CT molecular complexity index is 529. The topological polar surface area (TPSA) is 72.8 Å². The van der Waals surface area contributed by atoms with E-state index in [1.54, 1.807) is 12.1 Å². The van der Waals surface area contributed by atoms with E-state index in [1.165, 1.54) is 14.2 Å². The van der Waals surface area contributed by atoms with Crippen molar-refractivity contribution in [3.05, 3.63) is 23.3 Å². The highest BCUT2D eigenvalue weighted by molar-refractivity contribution is 5.86. The SMILES string of the molecule is COc1cc(C=O)cc(C2(C(=O)O)CCCC2)c1OC. The van der Waals surface area contributed by atoms with Gasteiger partial charge in [-0.05, 0) is 25.0 Å². The number of carbonyl (C=O) groups excluding carboxylic acids is 1. The Morgan fingerprint density at radius 1 is 1.25 bits per heavy atom. The Balaban J connectivity index is 2.70. The van der Waals surface area contributed by atoms with E-state index in [9.17, 15) is 14.7 Å². The van der Waals surface area contributed by atoms with Gasteiger partial charge in [-0.2, -0.15) is 0 Å². The van der Waals surface area contributed by atoms with Gasteiger partial charge in [0.2, 0.25) is 0 Å². The third-order valence-corrected chi connectivity index (χ3v) is 4.02. The van der Waals surface area contributed by atoms with Crippen LogP contribution in [0.1, 0.15) is 41.6 Å². The van der Waals surface area contributed by atoms with E-state index in [1.807, 2.05) is 0 Å². The van der Waals surface area contributed by atoms with Crippen LogP contribution in [0.3, 0.4) is 0 Å². The third kappa shape index (κ3) is 2.13. The van der Waals surface area contributed by atoms with E-state index >= 15 is 0 Å². The standard InChI is InChI=1S/C15H18O5/c1-19-12-8-10(9-16)7-11(13(12)20-2)15(14(17)18)5-3-4-6-15/h7-9H,3-6H2,1-2H3,(H,17,18). The highest BCUT2D eigenvalue weighted by Crippen LogP contribution is 2.48. The molecule has 5 nitrogen and oxygen atoms in total. The lowest BCUT2D eigenvalue weighted by Crippen LogP contribution is -2.33. The molecule has 0 radical (unpaired) electrons. The molecule has 0 bridgehead atoms. The molecule has 1 aromatic carbocycles. The minimum atomic E-state index is -0.988. The Morgan fingerprint density at radius 2 is 1.90 bits per heavy atom. The number of methoxy groups -OCH3 is 2. The van der Waals surface area contributed by atoms with Crippen LogP contribution in [-0.4, -0.2) is 31.6 Å². The van der Waals surface area contributed by atoms with Crippen LogP contribution < -0.4 is 9.47 Å². The number of rotatable bonds is 5. The second-order valence-corrected chi connectivity index (χ2v) is 5.02. The first-order valence-corrected chi connectivity index (χ1v) is 6.54. The maximum atomic E-state index is 11.8. The number of aldehydes is 1. The monoisotopic (exact) mass is 278 g/mol. The zero-order chi connectivity index (χ0) is 14.8. The molecule has 1 aliphatic carbocycles. The zero-order valence-electron chi connectivity index (χ0n) is 11.6. The zero-order valence-corrected chi connectivity index (χ0v) is 11.6. The summed E-state index contributed by atoms with van der Waals surface area (Å²) in [4.78, 5) is 22.9. The van der Waals surface area contributed by atoms with Crippen LogP contribution in [-0.2, 0) is 10.2 Å². The molecular formula is C15H18O5. The molecule has 0 amide bonds. The van der Waals surface area contributed by atoms with Crippen LogP contribution in [0.25, 0.3) is 0 Å². The maximum Gasteiger partial charge on any atom is 0.314 e. The van der Waals surface area contributed by atoms with Gasteiger partial charge in [0.1, 0.15) is 6.29 Å². The molecule has 5 heteroatoms. The number of ether oxygens (including phenoxy) is 2. The van der Waals surface area contributed by atoms with Crippen molar-refractivity contribution in [2.45, 2.75) is 31.1 Å². The summed E-state index contributed by atoms with van der Waals surface area (Å²) in [5.41, 5.74) is -0.0610. The van der Waals surface area contributed by atoms with Crippen molar-refractivity contribution >= 4 is 12.3 Å². The van der Waals surface area contributed by atoms with Gasteiger partial charge in [0.25, 0.3) is 0 Å². The van der Waals surface area contributed by atoms with Gasteiger partial charge in [-0.1, -0.05) is 12.8 Å². The van der Waals surface area contributed by atoms with Crippen LogP contribution in [0.4, 0.5) is 0 Å². The number of carbonyl (C=O) groups is 2. The number of carboxylic acids is 1. The van der Waals surface area contributed by atoms with Crippen molar-refractivity contribution in [2.24, 2.45) is 0 Å². The minimum Gasteiger partial charge on any atom is -0.493 e. The number of carboxylic acid groups (broad SMARTS) is 1. The average Bonchev–Trinajstić information content (AvgIpc) is 2.96. The third-order valence-electron chi connectivity index (χ3n) is 4.02. The minimum absolute atomic E-state index is 0.389. The molecule has 0 atom stereocenters. The largest absolute Gasteiger partial charge is 0.493 e. The number of hydrogen-bond donors (Lipinski definition) is 1. The van der Waals surface area contributed by atoms with Gasteiger partial charge in [-0.3, -0.25) is 9.59 Å². The second-order valence-electron chi connectivity index (χ2n) is 5.02. The van der Waals surface area contributed by atoms with E-state index in [0.29, 0.717) is 41.8 Å². The first-order chi connectivity index (χ1) is 9.58. The van der Waals surface area contributed by atoms with Crippen molar-refractivity contribution in [3.8, 4) is 11.5 Å². The fraction of sp³-hybridized carbons (Fsp3) is 0.467. The quantitative estimate of drug-likeness (QED) is 0.837. The molecule has 0 spiro atoms. The molecule has 0 aliphatic heterocycles. The summed E-state index contributed by atoms with van der Waals surface area (Å²) in [6, 6.07) is 3.16. The molecule has 0 aromatic heterocycles. The fourth-order valence-electron chi connectivity index (χ4n) is 2.99. The predicted octanol–water partition coefficient (Wildman–Crippen LogP) is 2.41. The van der Waals surface area contributed by atoms with Crippen molar-refractivity contribution in [1.82, 2.24) is 0 Å². The Morgan fingerprint density at radius 3 is 2.35 bits per heavy atom. The number of benzene rings is 1. The van der Waals surface area contributed by atoms with Crippen molar-refractivity contribution in [3.63, 3.8) is 0 Å². The van der Waals surface area contributed by atoms with Gasteiger partial charge in [0.05, 0.1) is 19.6 Å². The van der Waals surface area contributed by atoms with Crippen LogP contribution >= 0.6 is 0 Å². The molecule has 0 heterocycles. The lowest BCUT2D eigenvalue weighted by Gasteiger charge is -2.27. The van der Waals surface area contributed by atoms with E-state index in [4.69, 9.17) is 9.47 Å². The van der Waals surface area contributed by atoms with Crippen LogP contribution in [0.5, 0.6) is 11.5 Å². The molecule has 2 rings (SSSR count). The van der Waals surface area contributed by atoms with Gasteiger partial charge in [-0.25, -0.2) is 0 Å². The molecule has 108 valence electrons. The molecule has 1 N–H and O–H groups in total. The van der Waals surface area contributed by atoms with E-state index in [-0.39, 0.29) is 0 Å². The summed E-state index contributed by atoms with van der Waals surface area (Å²) >= 11 is 0. The Kier molecular flexibility index (Phi) is 3.97. The average molecular weight is 278 g/mol. The smallest absolute Gasteiger partial charge is 0.314 e. The number of hydrogen-bond acceptors (Lipinski definition) is 4. The summed E-state index contributed by atoms with van der Waals surface area (Å²) in [6.45, 7) is 0. The highest BCUT2D eigenvalue weighted by atomic mass is 16.5. The van der Waals surface area contributed by atoms with Gasteiger partial charge in [0, 0.05) is 11.1 Å². The molecule has 1 aromatic rings. The first kappa shape index (κ1) is 14.4. The Hall–Kier alpha value is -2.04. The lowest BCUT2D eigenvalue weighted by atomic mass is 9.77. The molecule has 0 saturated heterocycles. The first-order valence-electron chi connectivity index (χ1n) is 6.54. The molecule has 0 unspecified atom stereocenters. The normalized spacial score (nSPS) is 16.7. The van der Waals surface area contributed by atoms with E-state index in [0.717, 1.165) is 12.8 Å². The summed E-state index contributed by atoms with van der Waals surface area (Å²) < 4.78 is 10.6. The fourth-order valence-corrected chi connectivity index (χ4v) is 2.99. The van der Waals surface area contributed by atoms with Crippen LogP contribution in [0, 0.1) is 0 Å². The van der Waals surface area contributed by atoms with E-state index < -0.39 is 11.4 Å². The Labute approximate surface area is 117 Å². The summed E-state index contributed by atoms with van der Waals surface area (Å²) in [5, 5.41) is 9.68. The predicted molar refractivity (Wildman–Crippen MR) is 72.7 cm³/mol. The van der Waals surface area contributed by atoms with Gasteiger partial charge < -0.3 is 14.6 Å². The van der Waals surface area contributed by atoms with E-state index in [2.05, 4.69) is 0 Å². The lowest BCUT2D eigenvalue weighted by molar-refractivity contribution is -0.143. The number of aliphatic carboxylic acids is 1. The molecule has 1 fully saturated rings.